The molecule has 96 valence electrons. The predicted octanol–water partition coefficient (Wildman–Crippen LogP) is 1.26. The molecule has 0 aliphatic heterocycles. The summed E-state index contributed by atoms with van der Waals surface area (Å²) in [6.07, 6.45) is 2.09. The summed E-state index contributed by atoms with van der Waals surface area (Å²) in [6.45, 7) is 3.40. The van der Waals surface area contributed by atoms with Gasteiger partial charge in [0.2, 0.25) is 0 Å². The number of benzene rings is 1. The number of aliphatic hydroxyl groups is 1. The first-order chi connectivity index (χ1) is 8.47. The summed E-state index contributed by atoms with van der Waals surface area (Å²) < 4.78 is 5.20. The number of nitrogens with zero attached hydrogens (tertiary/aromatic N) is 1. The van der Waals surface area contributed by atoms with E-state index in [-0.39, 0.29) is 5.91 Å². The molecule has 1 amide bonds. The molecule has 0 saturated carbocycles. The highest BCUT2D eigenvalue weighted by Gasteiger charge is 2.22. The second kappa shape index (κ2) is 4.78. The maximum atomic E-state index is 11.4. The Morgan fingerprint density at radius 3 is 3.00 bits per heavy atom. The number of nitrogens with one attached hydrogen (secondary N) is 1. The third-order valence-electron chi connectivity index (χ3n) is 2.65. The summed E-state index contributed by atoms with van der Waals surface area (Å²) in [4.78, 5) is 15.5. The zero-order chi connectivity index (χ0) is 13.2. The zero-order valence-corrected chi connectivity index (χ0v) is 10.4. The molecule has 0 spiro atoms. The zero-order valence-electron chi connectivity index (χ0n) is 10.4. The first-order valence-corrected chi connectivity index (χ1v) is 5.79. The summed E-state index contributed by atoms with van der Waals surface area (Å²) in [5.41, 5.74) is 1.27. The van der Waals surface area contributed by atoms with E-state index in [1.165, 1.54) is 20.2 Å². The first kappa shape index (κ1) is 12.6. The molecule has 5 heteroatoms. The van der Waals surface area contributed by atoms with E-state index in [9.17, 15) is 9.90 Å². The van der Waals surface area contributed by atoms with Crippen molar-refractivity contribution in [3.05, 3.63) is 30.2 Å². The molecule has 18 heavy (non-hydrogen) atoms. The monoisotopic (exact) mass is 248 g/mol. The number of rotatable bonds is 4. The van der Waals surface area contributed by atoms with Crippen LogP contribution in [-0.4, -0.2) is 28.1 Å². The highest BCUT2D eigenvalue weighted by atomic mass is 16.3. The van der Waals surface area contributed by atoms with Gasteiger partial charge in [0.05, 0.1) is 0 Å². The lowest BCUT2D eigenvalue weighted by atomic mass is 10.1. The molecule has 2 aromatic rings. The molecule has 2 rings (SSSR count). The van der Waals surface area contributed by atoms with Crippen molar-refractivity contribution in [1.82, 2.24) is 10.3 Å². The predicted molar refractivity (Wildman–Crippen MR) is 67.0 cm³/mol. The summed E-state index contributed by atoms with van der Waals surface area (Å²) >= 11 is 0. The number of carbonyl (C=O) groups excluding carboxylic acids is 1. The van der Waals surface area contributed by atoms with Crippen molar-refractivity contribution >= 4 is 17.0 Å². The first-order valence-electron chi connectivity index (χ1n) is 5.79. The second-order valence-corrected chi connectivity index (χ2v) is 4.72. The molecular weight excluding hydrogens is 232 g/mol. The van der Waals surface area contributed by atoms with Gasteiger partial charge in [0.1, 0.15) is 11.1 Å². The van der Waals surface area contributed by atoms with Crippen LogP contribution in [0, 0.1) is 0 Å². The van der Waals surface area contributed by atoms with E-state index in [0.29, 0.717) is 13.0 Å². The van der Waals surface area contributed by atoms with Crippen molar-refractivity contribution < 1.29 is 14.3 Å². The SMILES string of the molecule is CC(C)(O)C(=O)NCCc1ccc2ncoc2c1. The van der Waals surface area contributed by atoms with Gasteiger partial charge in [-0.05, 0) is 38.0 Å². The van der Waals surface area contributed by atoms with Crippen molar-refractivity contribution in [2.24, 2.45) is 0 Å². The molecule has 0 bridgehead atoms. The smallest absolute Gasteiger partial charge is 0.251 e. The van der Waals surface area contributed by atoms with Crippen LogP contribution < -0.4 is 5.32 Å². The molecule has 1 aromatic heterocycles. The molecule has 0 fully saturated rings. The lowest BCUT2D eigenvalue weighted by molar-refractivity contribution is -0.136. The van der Waals surface area contributed by atoms with Crippen LogP contribution >= 0.6 is 0 Å². The maximum Gasteiger partial charge on any atom is 0.251 e. The Balaban J connectivity index is 1.92. The van der Waals surface area contributed by atoms with Crippen LogP contribution in [0.25, 0.3) is 11.1 Å². The third kappa shape index (κ3) is 2.87. The molecule has 0 aliphatic carbocycles. The van der Waals surface area contributed by atoms with Crippen LogP contribution in [0.4, 0.5) is 0 Å². The molecule has 0 radical (unpaired) electrons. The molecule has 5 nitrogen and oxygen atoms in total. The molecule has 1 aromatic carbocycles. The number of amides is 1. The Morgan fingerprint density at radius 2 is 2.28 bits per heavy atom. The molecule has 0 unspecified atom stereocenters. The normalized spacial score (nSPS) is 11.7. The Morgan fingerprint density at radius 1 is 1.50 bits per heavy atom. The molecule has 1 heterocycles. The van der Waals surface area contributed by atoms with Gasteiger partial charge in [-0.1, -0.05) is 6.07 Å². The maximum absolute atomic E-state index is 11.4. The lowest BCUT2D eigenvalue weighted by Crippen LogP contribution is -2.42. The topological polar surface area (TPSA) is 75.4 Å². The van der Waals surface area contributed by atoms with E-state index in [2.05, 4.69) is 10.3 Å². The van der Waals surface area contributed by atoms with Crippen LogP contribution in [-0.2, 0) is 11.2 Å². The van der Waals surface area contributed by atoms with Gasteiger partial charge in [0.25, 0.3) is 5.91 Å². The fourth-order valence-electron chi connectivity index (χ4n) is 1.59. The van der Waals surface area contributed by atoms with Crippen LogP contribution in [0.3, 0.4) is 0 Å². The number of oxazole rings is 1. The largest absolute Gasteiger partial charge is 0.443 e. The average Bonchev–Trinajstić information content (AvgIpc) is 2.74. The van der Waals surface area contributed by atoms with Crippen molar-refractivity contribution in [2.45, 2.75) is 25.9 Å². The molecule has 0 saturated heterocycles. The van der Waals surface area contributed by atoms with Gasteiger partial charge in [-0.3, -0.25) is 4.79 Å². The van der Waals surface area contributed by atoms with E-state index in [1.54, 1.807) is 0 Å². The highest BCUT2D eigenvalue weighted by molar-refractivity contribution is 5.83. The molecule has 2 N–H and O–H groups in total. The standard InChI is InChI=1S/C13H16N2O3/c1-13(2,17)12(16)14-6-5-9-3-4-10-11(7-9)18-8-15-10/h3-4,7-8,17H,5-6H2,1-2H3,(H,14,16). The van der Waals surface area contributed by atoms with Gasteiger partial charge in [-0.15, -0.1) is 0 Å². The van der Waals surface area contributed by atoms with Crippen LogP contribution in [0.1, 0.15) is 19.4 Å². The van der Waals surface area contributed by atoms with Gasteiger partial charge in [-0.2, -0.15) is 0 Å². The van der Waals surface area contributed by atoms with Gasteiger partial charge in [-0.25, -0.2) is 4.98 Å². The summed E-state index contributed by atoms with van der Waals surface area (Å²) in [5.74, 6) is -0.372. The van der Waals surface area contributed by atoms with Gasteiger partial charge >= 0.3 is 0 Å². The van der Waals surface area contributed by atoms with E-state index in [0.717, 1.165) is 16.7 Å². The van der Waals surface area contributed by atoms with Crippen LogP contribution in [0.15, 0.2) is 29.0 Å². The van der Waals surface area contributed by atoms with E-state index in [1.807, 2.05) is 18.2 Å². The van der Waals surface area contributed by atoms with Gasteiger partial charge < -0.3 is 14.8 Å². The number of fused-ring (bicyclic) bond motifs is 1. The summed E-state index contributed by atoms with van der Waals surface area (Å²) in [5, 5.41) is 12.1. The van der Waals surface area contributed by atoms with E-state index >= 15 is 0 Å². The Bertz CT molecular complexity index is 555. The quantitative estimate of drug-likeness (QED) is 0.854. The Labute approximate surface area is 105 Å². The molecule has 0 atom stereocenters. The third-order valence-corrected chi connectivity index (χ3v) is 2.65. The summed E-state index contributed by atoms with van der Waals surface area (Å²) in [6, 6.07) is 5.73. The van der Waals surface area contributed by atoms with Crippen molar-refractivity contribution in [2.75, 3.05) is 6.54 Å². The van der Waals surface area contributed by atoms with E-state index < -0.39 is 5.60 Å². The number of hydrogen-bond acceptors (Lipinski definition) is 4. The number of aromatic nitrogens is 1. The number of hydrogen-bond donors (Lipinski definition) is 2. The van der Waals surface area contributed by atoms with Crippen molar-refractivity contribution in [1.29, 1.82) is 0 Å². The van der Waals surface area contributed by atoms with Gasteiger partial charge in [0, 0.05) is 6.54 Å². The van der Waals surface area contributed by atoms with E-state index in [4.69, 9.17) is 4.42 Å². The van der Waals surface area contributed by atoms with Gasteiger partial charge in [0.15, 0.2) is 12.0 Å². The fourth-order valence-corrected chi connectivity index (χ4v) is 1.59. The lowest BCUT2D eigenvalue weighted by Gasteiger charge is -2.16. The molecule has 0 aliphatic rings. The molecular formula is C13H16N2O3. The Kier molecular flexibility index (Phi) is 3.34. The number of carbonyl (C=O) groups is 1. The minimum atomic E-state index is -1.34. The van der Waals surface area contributed by atoms with Crippen molar-refractivity contribution in [3.8, 4) is 0 Å². The fraction of sp³-hybridized carbons (Fsp3) is 0.385. The van der Waals surface area contributed by atoms with Crippen LogP contribution in [0.2, 0.25) is 0 Å². The minimum Gasteiger partial charge on any atom is -0.443 e. The Hall–Kier alpha value is -1.88. The highest BCUT2D eigenvalue weighted by Crippen LogP contribution is 2.14. The average molecular weight is 248 g/mol. The minimum absolute atomic E-state index is 0.372. The summed E-state index contributed by atoms with van der Waals surface area (Å²) in [7, 11) is 0. The van der Waals surface area contributed by atoms with Crippen LogP contribution in [0.5, 0.6) is 0 Å². The van der Waals surface area contributed by atoms with Crippen molar-refractivity contribution in [3.63, 3.8) is 0 Å². The second-order valence-electron chi connectivity index (χ2n) is 4.72.